The van der Waals surface area contributed by atoms with Crippen LogP contribution in [0.25, 0.3) is 0 Å². The summed E-state index contributed by atoms with van der Waals surface area (Å²) in [6.45, 7) is 12.6. The minimum absolute atomic E-state index is 0. The van der Waals surface area contributed by atoms with Crippen molar-refractivity contribution in [2.24, 2.45) is 5.41 Å². The van der Waals surface area contributed by atoms with Crippen LogP contribution in [0, 0.1) is 5.41 Å². The van der Waals surface area contributed by atoms with Gasteiger partial charge in [0.05, 0.1) is 0 Å². The third-order valence-electron chi connectivity index (χ3n) is 3.58. The zero-order valence-electron chi connectivity index (χ0n) is 12.1. The second-order valence-corrected chi connectivity index (χ2v) is 6.71. The Balaban J connectivity index is 0.00000180. The van der Waals surface area contributed by atoms with Crippen molar-refractivity contribution in [2.45, 2.75) is 39.8 Å². The van der Waals surface area contributed by atoms with Gasteiger partial charge in [0.1, 0.15) is 0 Å². The molecule has 2 atom stereocenters. The molecule has 2 rings (SSSR count). The van der Waals surface area contributed by atoms with Crippen LogP contribution in [0.15, 0.2) is 30.3 Å². The van der Waals surface area contributed by atoms with Crippen molar-refractivity contribution in [3.05, 3.63) is 35.9 Å². The van der Waals surface area contributed by atoms with Gasteiger partial charge in [0.25, 0.3) is 0 Å². The number of nitrogens with one attached hydrogen (secondary N) is 1. The number of nitrogens with zero attached hydrogens (tertiary/aromatic N) is 1. The molecule has 0 spiro atoms. The third kappa shape index (κ3) is 4.97. The molecule has 102 valence electrons. The van der Waals surface area contributed by atoms with Gasteiger partial charge in [-0.15, -0.1) is 0 Å². The maximum absolute atomic E-state index is 3.66. The Kier molecular flexibility index (Phi) is 6.14. The molecule has 2 nitrogen and oxygen atoms in total. The van der Waals surface area contributed by atoms with Crippen LogP contribution in [-0.2, 0) is 0 Å². The third-order valence-corrected chi connectivity index (χ3v) is 3.58. The molecule has 19 heavy (non-hydrogen) atoms. The summed E-state index contributed by atoms with van der Waals surface area (Å²) in [6.07, 6.45) is 0. The molecule has 0 amide bonds. The van der Waals surface area contributed by atoms with E-state index in [9.17, 15) is 0 Å². The average molecular weight is 254 g/mol. The average Bonchev–Trinajstić information content (AvgIpc) is 2.31. The molecule has 1 aliphatic heterocycles. The molecule has 0 unspecified atom stereocenters. The first kappa shape index (κ1) is 16.8. The van der Waals surface area contributed by atoms with Gasteiger partial charge in [-0.05, 0) is 17.9 Å². The summed E-state index contributed by atoms with van der Waals surface area (Å²) in [4.78, 5) is 2.62. The first-order valence-electron chi connectivity index (χ1n) is 6.98. The van der Waals surface area contributed by atoms with Crippen molar-refractivity contribution in [1.29, 1.82) is 0 Å². The van der Waals surface area contributed by atoms with Gasteiger partial charge in [0, 0.05) is 31.7 Å². The van der Waals surface area contributed by atoms with E-state index in [2.05, 4.69) is 68.2 Å². The Morgan fingerprint density at radius 2 is 1.84 bits per heavy atom. The van der Waals surface area contributed by atoms with E-state index in [1.807, 2.05) is 0 Å². The summed E-state index contributed by atoms with van der Waals surface area (Å²) in [5, 5.41) is 3.66. The Labute approximate surface area is 130 Å². The molecule has 1 aromatic carbocycles. The quantitative estimate of drug-likeness (QED) is 0.815. The molecule has 1 saturated heterocycles. The van der Waals surface area contributed by atoms with Crippen LogP contribution in [0.3, 0.4) is 0 Å². The van der Waals surface area contributed by atoms with E-state index in [0.29, 0.717) is 17.5 Å². The molecule has 0 saturated carbocycles. The van der Waals surface area contributed by atoms with Crippen molar-refractivity contribution in [3.63, 3.8) is 0 Å². The minimum atomic E-state index is 0. The Bertz CT molecular complexity index is 372. The Morgan fingerprint density at radius 3 is 2.42 bits per heavy atom. The van der Waals surface area contributed by atoms with E-state index in [1.165, 1.54) is 12.1 Å². The maximum atomic E-state index is 3.66. The monoisotopic (exact) mass is 254 g/mol. The fourth-order valence-corrected chi connectivity index (χ4v) is 2.66. The molecule has 0 radical (unpaired) electrons. The number of hydrogen-bond donors (Lipinski definition) is 1. The summed E-state index contributed by atoms with van der Waals surface area (Å²) >= 11 is 0. The number of piperazine rings is 1. The molecule has 0 bridgehead atoms. The normalized spacial score (nSPS) is 24.8. The molecular formula is C16H27LiN2. The van der Waals surface area contributed by atoms with Gasteiger partial charge in [0.15, 0.2) is 0 Å². The molecule has 1 aromatic rings. The Morgan fingerprint density at radius 1 is 1.21 bits per heavy atom. The first-order chi connectivity index (χ1) is 8.46. The van der Waals surface area contributed by atoms with E-state index < -0.39 is 0 Å². The first-order valence-corrected chi connectivity index (χ1v) is 6.98. The van der Waals surface area contributed by atoms with Crippen LogP contribution in [0.4, 0.5) is 0 Å². The van der Waals surface area contributed by atoms with Gasteiger partial charge >= 0.3 is 18.9 Å². The summed E-state index contributed by atoms with van der Waals surface area (Å²) < 4.78 is 0. The van der Waals surface area contributed by atoms with E-state index in [1.54, 1.807) is 0 Å². The van der Waals surface area contributed by atoms with Crippen molar-refractivity contribution in [2.75, 3.05) is 19.6 Å². The van der Waals surface area contributed by atoms with Crippen LogP contribution in [0.5, 0.6) is 0 Å². The van der Waals surface area contributed by atoms with Gasteiger partial charge < -0.3 is 5.32 Å². The molecule has 1 heterocycles. The van der Waals surface area contributed by atoms with Gasteiger partial charge in [-0.1, -0.05) is 51.1 Å². The summed E-state index contributed by atoms with van der Waals surface area (Å²) in [5.41, 5.74) is 1.77. The Hall–Kier alpha value is -0.263. The van der Waals surface area contributed by atoms with Gasteiger partial charge in [0.2, 0.25) is 0 Å². The molecular weight excluding hydrogens is 227 g/mol. The fraction of sp³-hybridized carbons (Fsp3) is 0.625. The number of rotatable bonds is 2. The predicted octanol–water partition coefficient (Wildman–Crippen LogP) is 2.42. The van der Waals surface area contributed by atoms with Crippen molar-refractivity contribution >= 4 is 18.9 Å². The van der Waals surface area contributed by atoms with E-state index in [-0.39, 0.29) is 18.9 Å². The molecule has 3 heteroatoms. The molecule has 0 aliphatic carbocycles. The molecule has 1 aliphatic rings. The van der Waals surface area contributed by atoms with Crippen molar-refractivity contribution in [1.82, 2.24) is 10.2 Å². The zero-order valence-corrected chi connectivity index (χ0v) is 12.1. The van der Waals surface area contributed by atoms with Crippen LogP contribution in [0.1, 0.15) is 39.3 Å². The van der Waals surface area contributed by atoms with Crippen LogP contribution < -0.4 is 5.32 Å². The molecule has 0 aromatic heterocycles. The second kappa shape index (κ2) is 6.95. The summed E-state index contributed by atoms with van der Waals surface area (Å²) in [6, 6.07) is 11.9. The van der Waals surface area contributed by atoms with Gasteiger partial charge in [-0.25, -0.2) is 0 Å². The fourth-order valence-electron chi connectivity index (χ4n) is 2.66. The van der Waals surface area contributed by atoms with Crippen LogP contribution in [-0.4, -0.2) is 49.4 Å². The number of benzene rings is 1. The molecule has 1 N–H and O–H groups in total. The standard InChI is InChI=1S/C16H26N2.Li.H/c1-13-10-17-15(14-8-6-5-7-9-14)11-18(13)12-16(2,3)4;;/h5-9,13,15,17H,10-12H2,1-4H3;;/t13-,15-;;/m1../s1. The van der Waals surface area contributed by atoms with E-state index in [0.717, 1.165) is 13.1 Å². The second-order valence-electron chi connectivity index (χ2n) is 6.71. The summed E-state index contributed by atoms with van der Waals surface area (Å²) in [5.74, 6) is 0. The topological polar surface area (TPSA) is 15.3 Å². The number of hydrogen-bond acceptors (Lipinski definition) is 2. The van der Waals surface area contributed by atoms with E-state index >= 15 is 0 Å². The molecule has 1 fully saturated rings. The van der Waals surface area contributed by atoms with Crippen LogP contribution >= 0.6 is 0 Å². The summed E-state index contributed by atoms with van der Waals surface area (Å²) in [7, 11) is 0. The van der Waals surface area contributed by atoms with E-state index in [4.69, 9.17) is 0 Å². The van der Waals surface area contributed by atoms with Gasteiger partial charge in [-0.2, -0.15) is 0 Å². The predicted molar refractivity (Wildman–Crippen MR) is 84.8 cm³/mol. The van der Waals surface area contributed by atoms with Crippen molar-refractivity contribution in [3.8, 4) is 0 Å². The SMILES string of the molecule is C[C@@H]1CN[C@@H](c2ccccc2)CN1CC(C)(C)C.[LiH]. The van der Waals surface area contributed by atoms with Crippen LogP contribution in [0.2, 0.25) is 0 Å². The van der Waals surface area contributed by atoms with Crippen molar-refractivity contribution < 1.29 is 0 Å². The van der Waals surface area contributed by atoms with Gasteiger partial charge in [-0.3, -0.25) is 4.90 Å². The zero-order chi connectivity index (χ0) is 13.2.